The average Bonchev–Trinajstić information content (AvgIpc) is 2.69. The Bertz CT molecular complexity index is 428. The fraction of sp³-hybridized carbons (Fsp3) is 0.769. The molecule has 28 heavy (non-hydrogen) atoms. The first kappa shape index (κ1) is 25.2. The topological polar surface area (TPSA) is 6.48 Å². The number of hydrogen-bond acceptors (Lipinski definition) is 2. The van der Waals surface area contributed by atoms with Crippen LogP contribution < -0.4 is 0 Å². The van der Waals surface area contributed by atoms with Crippen molar-refractivity contribution in [1.82, 2.24) is 9.80 Å². The van der Waals surface area contributed by atoms with Gasteiger partial charge < -0.3 is 9.80 Å². The van der Waals surface area contributed by atoms with E-state index in [-0.39, 0.29) is 0 Å². The molecule has 0 aliphatic heterocycles. The van der Waals surface area contributed by atoms with Gasteiger partial charge in [0.1, 0.15) is 0 Å². The van der Waals surface area contributed by atoms with Gasteiger partial charge in [0.05, 0.1) is 0 Å². The van der Waals surface area contributed by atoms with Crippen LogP contribution in [0.4, 0.5) is 0 Å². The molecule has 0 heterocycles. The molecule has 0 aromatic heterocycles. The average molecular weight is 389 g/mol. The van der Waals surface area contributed by atoms with Gasteiger partial charge in [0.15, 0.2) is 0 Å². The van der Waals surface area contributed by atoms with Crippen LogP contribution in [0.3, 0.4) is 0 Å². The Morgan fingerprint density at radius 3 is 1.29 bits per heavy atom. The van der Waals surface area contributed by atoms with Crippen LogP contribution in [0.15, 0.2) is 24.3 Å². The van der Waals surface area contributed by atoms with Gasteiger partial charge in [0, 0.05) is 13.1 Å². The predicted molar refractivity (Wildman–Crippen MR) is 126 cm³/mol. The molecule has 1 rings (SSSR count). The van der Waals surface area contributed by atoms with E-state index in [2.05, 4.69) is 62.0 Å². The summed E-state index contributed by atoms with van der Waals surface area (Å²) in [7, 11) is 4.56. The molecule has 0 aliphatic rings. The zero-order chi connectivity index (χ0) is 20.5. The van der Waals surface area contributed by atoms with Crippen LogP contribution in [-0.4, -0.2) is 37.0 Å². The van der Waals surface area contributed by atoms with E-state index in [0.29, 0.717) is 0 Å². The Hall–Kier alpha value is -0.860. The number of nitrogens with zero attached hydrogens (tertiary/aromatic N) is 2. The number of unbranched alkanes of at least 4 members (excludes halogenated alkanes) is 10. The molecule has 0 saturated carbocycles. The molecule has 0 aliphatic carbocycles. The maximum Gasteiger partial charge on any atom is 0.0233 e. The van der Waals surface area contributed by atoms with Crippen molar-refractivity contribution in [2.45, 2.75) is 104 Å². The van der Waals surface area contributed by atoms with Gasteiger partial charge in [0.2, 0.25) is 0 Å². The van der Waals surface area contributed by atoms with E-state index < -0.39 is 0 Å². The molecule has 1 aromatic rings. The lowest BCUT2D eigenvalue weighted by molar-refractivity contribution is 0.301. The number of rotatable bonds is 18. The van der Waals surface area contributed by atoms with Crippen LogP contribution in [0.5, 0.6) is 0 Å². The molecule has 2 heteroatoms. The zero-order valence-electron chi connectivity index (χ0n) is 19.5. The monoisotopic (exact) mass is 388 g/mol. The lowest BCUT2D eigenvalue weighted by Crippen LogP contribution is -2.23. The minimum absolute atomic E-state index is 1.08. The molecule has 0 atom stereocenters. The van der Waals surface area contributed by atoms with E-state index in [1.807, 2.05) is 0 Å². The molecule has 0 saturated heterocycles. The van der Waals surface area contributed by atoms with Gasteiger partial charge in [-0.2, -0.15) is 0 Å². The molecule has 1 aromatic carbocycles. The van der Waals surface area contributed by atoms with Crippen molar-refractivity contribution < 1.29 is 0 Å². The summed E-state index contributed by atoms with van der Waals surface area (Å²) in [6.07, 6.45) is 16.5. The van der Waals surface area contributed by atoms with E-state index in [9.17, 15) is 0 Å². The highest BCUT2D eigenvalue weighted by molar-refractivity contribution is 5.27. The zero-order valence-corrected chi connectivity index (χ0v) is 19.5. The van der Waals surface area contributed by atoms with Crippen molar-refractivity contribution in [3.05, 3.63) is 35.4 Å². The van der Waals surface area contributed by atoms with Crippen LogP contribution in [0.25, 0.3) is 0 Å². The van der Waals surface area contributed by atoms with Crippen molar-refractivity contribution in [2.24, 2.45) is 0 Å². The molecule has 0 unspecified atom stereocenters. The van der Waals surface area contributed by atoms with Gasteiger partial charge in [-0.1, -0.05) is 102 Å². The molecular weight excluding hydrogens is 340 g/mol. The molecule has 0 amide bonds. The van der Waals surface area contributed by atoms with Gasteiger partial charge in [0.25, 0.3) is 0 Å². The van der Waals surface area contributed by atoms with E-state index in [1.165, 1.54) is 101 Å². The summed E-state index contributed by atoms with van der Waals surface area (Å²) in [5, 5.41) is 0. The third kappa shape index (κ3) is 12.6. The van der Waals surface area contributed by atoms with Gasteiger partial charge in [-0.25, -0.2) is 0 Å². The fourth-order valence-corrected chi connectivity index (χ4v) is 3.93. The summed E-state index contributed by atoms with van der Waals surface area (Å²) in [4.78, 5) is 5.01. The Labute approximate surface area is 176 Å². The van der Waals surface area contributed by atoms with Crippen molar-refractivity contribution in [3.8, 4) is 0 Å². The Balaban J connectivity index is 2.30. The molecular formula is C26H48N2. The summed E-state index contributed by atoms with van der Waals surface area (Å²) in [6, 6.07) is 9.05. The van der Waals surface area contributed by atoms with Crippen LogP contribution in [0.1, 0.15) is 102 Å². The van der Waals surface area contributed by atoms with Crippen LogP contribution in [0.2, 0.25) is 0 Å². The van der Waals surface area contributed by atoms with Gasteiger partial charge in [-0.15, -0.1) is 0 Å². The Morgan fingerprint density at radius 2 is 0.893 bits per heavy atom. The van der Waals surface area contributed by atoms with Crippen molar-refractivity contribution in [3.63, 3.8) is 0 Å². The molecule has 162 valence electrons. The summed E-state index contributed by atoms with van der Waals surface area (Å²) < 4.78 is 0. The molecule has 0 fully saturated rings. The first-order valence-corrected chi connectivity index (χ1v) is 12.1. The summed E-state index contributed by atoms with van der Waals surface area (Å²) in [5.41, 5.74) is 3.01. The molecule has 2 nitrogen and oxygen atoms in total. The van der Waals surface area contributed by atoms with Crippen LogP contribution >= 0.6 is 0 Å². The molecule has 0 spiro atoms. The minimum atomic E-state index is 1.08. The molecule has 0 bridgehead atoms. The largest absolute Gasteiger partial charge is 0.302 e. The normalized spacial score (nSPS) is 11.6. The third-order valence-corrected chi connectivity index (χ3v) is 5.79. The van der Waals surface area contributed by atoms with E-state index >= 15 is 0 Å². The number of hydrogen-bond donors (Lipinski definition) is 0. The smallest absolute Gasteiger partial charge is 0.0233 e. The SMILES string of the molecule is CCCCCCCCN(C)Cc1ccccc1CN(C)CCCCCCCC. The quantitative estimate of drug-likeness (QED) is 0.244. The van der Waals surface area contributed by atoms with Crippen LogP contribution in [-0.2, 0) is 13.1 Å². The van der Waals surface area contributed by atoms with Gasteiger partial charge >= 0.3 is 0 Å². The summed E-state index contributed by atoms with van der Waals surface area (Å²) in [5.74, 6) is 0. The van der Waals surface area contributed by atoms with E-state index in [1.54, 1.807) is 0 Å². The van der Waals surface area contributed by atoms with Gasteiger partial charge in [-0.05, 0) is 51.2 Å². The second-order valence-electron chi connectivity index (χ2n) is 8.78. The van der Waals surface area contributed by atoms with Crippen molar-refractivity contribution in [1.29, 1.82) is 0 Å². The Morgan fingerprint density at radius 1 is 0.536 bits per heavy atom. The first-order chi connectivity index (χ1) is 13.7. The van der Waals surface area contributed by atoms with Crippen molar-refractivity contribution >= 4 is 0 Å². The molecule has 0 N–H and O–H groups in total. The highest BCUT2D eigenvalue weighted by Gasteiger charge is 2.08. The van der Waals surface area contributed by atoms with Gasteiger partial charge in [-0.3, -0.25) is 0 Å². The summed E-state index contributed by atoms with van der Waals surface area (Å²) >= 11 is 0. The number of benzene rings is 1. The maximum atomic E-state index is 2.51. The van der Waals surface area contributed by atoms with Crippen molar-refractivity contribution in [2.75, 3.05) is 27.2 Å². The lowest BCUT2D eigenvalue weighted by Gasteiger charge is -2.22. The highest BCUT2D eigenvalue weighted by atomic mass is 15.1. The summed E-state index contributed by atoms with van der Waals surface area (Å²) in [6.45, 7) is 9.17. The standard InChI is InChI=1S/C26H48N2/c1-5-7-9-11-13-17-21-27(3)23-25-19-15-16-20-26(25)24-28(4)22-18-14-12-10-8-6-2/h15-16,19-20H,5-14,17-18,21-24H2,1-4H3. The first-order valence-electron chi connectivity index (χ1n) is 12.1. The van der Waals surface area contributed by atoms with Crippen LogP contribution in [0, 0.1) is 0 Å². The second-order valence-corrected chi connectivity index (χ2v) is 8.78. The minimum Gasteiger partial charge on any atom is -0.302 e. The molecule has 0 radical (unpaired) electrons. The van der Waals surface area contributed by atoms with E-state index in [0.717, 1.165) is 13.1 Å². The highest BCUT2D eigenvalue weighted by Crippen LogP contribution is 2.15. The third-order valence-electron chi connectivity index (χ3n) is 5.79. The fourth-order valence-electron chi connectivity index (χ4n) is 3.93. The Kier molecular flexibility index (Phi) is 15.3. The maximum absolute atomic E-state index is 2.51. The lowest BCUT2D eigenvalue weighted by atomic mass is 10.1. The van der Waals surface area contributed by atoms with E-state index in [4.69, 9.17) is 0 Å². The predicted octanol–water partition coefficient (Wildman–Crippen LogP) is 7.27. The second kappa shape index (κ2) is 17.0.